The standard InChI is InChI=1S/C15H19ClN2O6S/c1-17(2)14(19)10-24-15(20)11-3-4-12(16)13(9-11)25(21,22)18-5-7-23-8-6-18/h3-4,9H,5-8,10H2,1-2H3. The van der Waals surface area contributed by atoms with E-state index in [1.54, 1.807) is 0 Å². The number of likely N-dealkylation sites (N-methyl/N-ethyl adjacent to an activating group) is 1. The number of halogens is 1. The third kappa shape index (κ3) is 4.69. The Bertz CT molecular complexity index is 759. The van der Waals surface area contributed by atoms with Crippen LogP contribution in [0.4, 0.5) is 0 Å². The van der Waals surface area contributed by atoms with Crippen LogP contribution in [0.15, 0.2) is 23.1 Å². The largest absolute Gasteiger partial charge is 0.452 e. The number of carbonyl (C=O) groups is 2. The Hall–Kier alpha value is -1.68. The van der Waals surface area contributed by atoms with Crippen molar-refractivity contribution in [2.24, 2.45) is 0 Å². The average molecular weight is 391 g/mol. The van der Waals surface area contributed by atoms with Crippen molar-refractivity contribution in [3.8, 4) is 0 Å². The Morgan fingerprint density at radius 2 is 1.92 bits per heavy atom. The number of esters is 1. The number of hydrogen-bond acceptors (Lipinski definition) is 6. The van der Waals surface area contributed by atoms with Gasteiger partial charge in [-0.05, 0) is 18.2 Å². The summed E-state index contributed by atoms with van der Waals surface area (Å²) >= 11 is 6.02. The molecule has 1 heterocycles. The van der Waals surface area contributed by atoms with Crippen LogP contribution in [0.1, 0.15) is 10.4 Å². The number of morpholine rings is 1. The Morgan fingerprint density at radius 1 is 1.28 bits per heavy atom. The van der Waals surface area contributed by atoms with E-state index < -0.39 is 22.6 Å². The Labute approximate surface area is 151 Å². The van der Waals surface area contributed by atoms with Crippen molar-refractivity contribution < 1.29 is 27.5 Å². The molecule has 1 amide bonds. The molecule has 0 saturated carbocycles. The first-order valence-corrected chi connectivity index (χ1v) is 9.30. The molecule has 8 nitrogen and oxygen atoms in total. The Kier molecular flexibility index (Phi) is 6.39. The molecule has 0 N–H and O–H groups in total. The number of ether oxygens (including phenoxy) is 2. The molecule has 1 aliphatic rings. The molecule has 1 aliphatic heterocycles. The van der Waals surface area contributed by atoms with Gasteiger partial charge in [0.15, 0.2) is 6.61 Å². The summed E-state index contributed by atoms with van der Waals surface area (Å²) in [5.41, 5.74) is 0.00258. The normalized spacial score (nSPS) is 15.6. The number of hydrogen-bond donors (Lipinski definition) is 0. The van der Waals surface area contributed by atoms with Crippen molar-refractivity contribution >= 4 is 33.5 Å². The number of nitrogens with zero attached hydrogens (tertiary/aromatic N) is 2. The predicted molar refractivity (Wildman–Crippen MR) is 90.0 cm³/mol. The van der Waals surface area contributed by atoms with Gasteiger partial charge in [0.2, 0.25) is 10.0 Å². The quantitative estimate of drug-likeness (QED) is 0.684. The number of carbonyl (C=O) groups excluding carboxylic acids is 2. The Balaban J connectivity index is 2.22. The minimum absolute atomic E-state index is 0.00258. The lowest BCUT2D eigenvalue weighted by Crippen LogP contribution is -2.40. The summed E-state index contributed by atoms with van der Waals surface area (Å²) in [6.45, 7) is 0.589. The lowest BCUT2D eigenvalue weighted by Gasteiger charge is -2.26. The molecule has 0 bridgehead atoms. The molecule has 0 aromatic heterocycles. The second kappa shape index (κ2) is 8.13. The van der Waals surface area contributed by atoms with Gasteiger partial charge in [0, 0.05) is 27.2 Å². The summed E-state index contributed by atoms with van der Waals surface area (Å²) in [6.07, 6.45) is 0. The molecule has 138 valence electrons. The summed E-state index contributed by atoms with van der Waals surface area (Å²) in [5, 5.41) is 0.00686. The summed E-state index contributed by atoms with van der Waals surface area (Å²) in [7, 11) is -0.789. The highest BCUT2D eigenvalue weighted by molar-refractivity contribution is 7.89. The third-order valence-electron chi connectivity index (χ3n) is 3.58. The third-order valence-corrected chi connectivity index (χ3v) is 5.96. The second-order valence-corrected chi connectivity index (χ2v) is 7.84. The molecular formula is C15H19ClN2O6S. The van der Waals surface area contributed by atoms with Crippen LogP contribution in [-0.2, 0) is 24.3 Å². The molecule has 1 aromatic rings. The fourth-order valence-corrected chi connectivity index (χ4v) is 4.00. The van der Waals surface area contributed by atoms with E-state index in [-0.39, 0.29) is 34.5 Å². The maximum atomic E-state index is 12.7. The van der Waals surface area contributed by atoms with Crippen molar-refractivity contribution in [3.63, 3.8) is 0 Å². The lowest BCUT2D eigenvalue weighted by molar-refractivity contribution is -0.131. The highest BCUT2D eigenvalue weighted by Crippen LogP contribution is 2.26. The molecule has 0 aliphatic carbocycles. The zero-order valence-electron chi connectivity index (χ0n) is 13.9. The molecule has 1 fully saturated rings. The zero-order valence-corrected chi connectivity index (χ0v) is 15.5. The molecule has 1 saturated heterocycles. The minimum Gasteiger partial charge on any atom is -0.452 e. The van der Waals surface area contributed by atoms with Crippen LogP contribution in [0.5, 0.6) is 0 Å². The fraction of sp³-hybridized carbons (Fsp3) is 0.467. The number of sulfonamides is 1. The van der Waals surface area contributed by atoms with E-state index in [0.29, 0.717) is 13.2 Å². The first-order valence-electron chi connectivity index (χ1n) is 7.48. The van der Waals surface area contributed by atoms with E-state index in [9.17, 15) is 18.0 Å². The van der Waals surface area contributed by atoms with Crippen molar-refractivity contribution in [1.82, 2.24) is 9.21 Å². The topological polar surface area (TPSA) is 93.2 Å². The van der Waals surface area contributed by atoms with E-state index in [0.717, 1.165) is 6.07 Å². The lowest BCUT2D eigenvalue weighted by atomic mass is 10.2. The van der Waals surface area contributed by atoms with Gasteiger partial charge in [0.1, 0.15) is 4.90 Å². The second-order valence-electron chi connectivity index (χ2n) is 5.53. The van der Waals surface area contributed by atoms with Gasteiger partial charge >= 0.3 is 5.97 Å². The van der Waals surface area contributed by atoms with Crippen molar-refractivity contribution in [2.45, 2.75) is 4.90 Å². The summed E-state index contributed by atoms with van der Waals surface area (Å²) in [5.74, 6) is -1.19. The SMILES string of the molecule is CN(C)C(=O)COC(=O)c1ccc(Cl)c(S(=O)(=O)N2CCOCC2)c1. The molecule has 0 unspecified atom stereocenters. The molecule has 0 radical (unpaired) electrons. The summed E-state index contributed by atoms with van der Waals surface area (Å²) < 4.78 is 36.7. The van der Waals surface area contributed by atoms with Crippen LogP contribution in [0, 0.1) is 0 Å². The highest BCUT2D eigenvalue weighted by Gasteiger charge is 2.29. The molecule has 10 heteroatoms. The van der Waals surface area contributed by atoms with Gasteiger partial charge in [-0.3, -0.25) is 4.79 Å². The maximum Gasteiger partial charge on any atom is 0.338 e. The zero-order chi connectivity index (χ0) is 18.6. The summed E-state index contributed by atoms with van der Waals surface area (Å²) in [6, 6.07) is 3.83. The van der Waals surface area contributed by atoms with Crippen molar-refractivity contribution in [2.75, 3.05) is 47.0 Å². The van der Waals surface area contributed by atoms with Gasteiger partial charge in [0.05, 0.1) is 23.8 Å². The number of amides is 1. The first kappa shape index (κ1) is 19.6. The minimum atomic E-state index is -3.85. The van der Waals surface area contributed by atoms with Crippen LogP contribution in [0.3, 0.4) is 0 Å². The molecule has 0 spiro atoms. The maximum absolute atomic E-state index is 12.7. The van der Waals surface area contributed by atoms with Gasteiger partial charge in [0.25, 0.3) is 5.91 Å². The van der Waals surface area contributed by atoms with Crippen LogP contribution in [0.2, 0.25) is 5.02 Å². The number of rotatable bonds is 5. The molecule has 25 heavy (non-hydrogen) atoms. The van der Waals surface area contributed by atoms with Gasteiger partial charge in [-0.15, -0.1) is 0 Å². The van der Waals surface area contributed by atoms with Gasteiger partial charge < -0.3 is 14.4 Å². The first-order chi connectivity index (χ1) is 11.7. The van der Waals surface area contributed by atoms with Gasteiger partial charge in [-0.25, -0.2) is 13.2 Å². The predicted octanol–water partition coefficient (Wildman–Crippen LogP) is 0.606. The highest BCUT2D eigenvalue weighted by atomic mass is 35.5. The monoisotopic (exact) mass is 390 g/mol. The van der Waals surface area contributed by atoms with E-state index in [4.69, 9.17) is 21.1 Å². The van der Waals surface area contributed by atoms with Gasteiger partial charge in [-0.2, -0.15) is 4.31 Å². The average Bonchev–Trinajstić information content (AvgIpc) is 2.60. The molecular weight excluding hydrogens is 372 g/mol. The summed E-state index contributed by atoms with van der Waals surface area (Å²) in [4.78, 5) is 24.7. The van der Waals surface area contributed by atoms with Crippen molar-refractivity contribution in [3.05, 3.63) is 28.8 Å². The van der Waals surface area contributed by atoms with Crippen LogP contribution >= 0.6 is 11.6 Å². The molecule has 0 atom stereocenters. The van der Waals surface area contributed by atoms with Crippen molar-refractivity contribution in [1.29, 1.82) is 0 Å². The van der Waals surface area contributed by atoms with Crippen LogP contribution < -0.4 is 0 Å². The number of benzene rings is 1. The van der Waals surface area contributed by atoms with E-state index in [1.165, 1.54) is 35.4 Å². The Morgan fingerprint density at radius 3 is 2.52 bits per heavy atom. The van der Waals surface area contributed by atoms with E-state index >= 15 is 0 Å². The fourth-order valence-electron chi connectivity index (χ4n) is 2.09. The van der Waals surface area contributed by atoms with Crippen LogP contribution in [-0.4, -0.2) is 76.5 Å². The molecule has 1 aromatic carbocycles. The molecule has 2 rings (SSSR count). The smallest absolute Gasteiger partial charge is 0.338 e. The van der Waals surface area contributed by atoms with E-state index in [2.05, 4.69) is 0 Å². The van der Waals surface area contributed by atoms with E-state index in [1.807, 2.05) is 0 Å². The van der Waals surface area contributed by atoms with Gasteiger partial charge in [-0.1, -0.05) is 11.6 Å². The van der Waals surface area contributed by atoms with Crippen LogP contribution in [0.25, 0.3) is 0 Å².